The first-order chi connectivity index (χ1) is 6.95. The topological polar surface area (TPSA) is 17.1 Å². The Morgan fingerprint density at radius 3 is 2.40 bits per heavy atom. The molecule has 0 spiro atoms. The summed E-state index contributed by atoms with van der Waals surface area (Å²) in [5.74, 6) is -0.410. The van der Waals surface area contributed by atoms with E-state index < -0.39 is 17.5 Å². The van der Waals surface area contributed by atoms with Crippen molar-refractivity contribution in [1.29, 1.82) is 0 Å². The molecular formula is C10H8BF3O. The summed E-state index contributed by atoms with van der Waals surface area (Å²) in [6.07, 6.45) is -4.94. The predicted octanol–water partition coefficient (Wildman–Crippen LogP) is 2.40. The highest BCUT2D eigenvalue weighted by Gasteiger charge is 2.32. The molecule has 1 aromatic rings. The molecule has 78 valence electrons. The molecule has 5 heteroatoms. The Bertz CT molecular complexity index is 360. The molecule has 1 rings (SSSR count). The second-order valence-electron chi connectivity index (χ2n) is 3.07. The lowest BCUT2D eigenvalue weighted by atomic mass is 9.94. The molecule has 0 aliphatic heterocycles. The van der Waals surface area contributed by atoms with Crippen LogP contribution in [-0.4, -0.2) is 13.6 Å². The van der Waals surface area contributed by atoms with Crippen molar-refractivity contribution in [2.24, 2.45) is 0 Å². The zero-order valence-electron chi connectivity index (χ0n) is 7.84. The van der Waals surface area contributed by atoms with Crippen molar-refractivity contribution in [3.05, 3.63) is 35.4 Å². The summed E-state index contributed by atoms with van der Waals surface area (Å²) >= 11 is 0. The number of ketones is 1. The van der Waals surface area contributed by atoms with Crippen LogP contribution in [0.1, 0.15) is 11.1 Å². The Hall–Kier alpha value is -1.26. The number of hydrogen-bond acceptors (Lipinski definition) is 1. The van der Waals surface area contributed by atoms with E-state index in [1.54, 1.807) is 0 Å². The molecule has 0 atom stereocenters. The van der Waals surface area contributed by atoms with Gasteiger partial charge in [-0.15, -0.1) is 0 Å². The van der Waals surface area contributed by atoms with Crippen molar-refractivity contribution in [1.82, 2.24) is 0 Å². The summed E-state index contributed by atoms with van der Waals surface area (Å²) in [6, 6.07) is 5.00. The molecule has 15 heavy (non-hydrogen) atoms. The summed E-state index contributed by atoms with van der Waals surface area (Å²) in [5.41, 5.74) is -0.799. The molecule has 2 radical (unpaired) electrons. The van der Waals surface area contributed by atoms with Gasteiger partial charge in [0.2, 0.25) is 0 Å². The Labute approximate surface area is 86.7 Å². The lowest BCUT2D eigenvalue weighted by molar-refractivity contribution is -0.138. The molecule has 0 unspecified atom stereocenters. The number of carbonyl (C=O) groups excluding carboxylic acids is 1. The van der Waals surface area contributed by atoms with Gasteiger partial charge in [-0.1, -0.05) is 18.2 Å². The zero-order chi connectivity index (χ0) is 11.5. The molecule has 0 heterocycles. The fourth-order valence-electron chi connectivity index (χ4n) is 1.24. The van der Waals surface area contributed by atoms with Gasteiger partial charge in [-0.3, -0.25) is 0 Å². The van der Waals surface area contributed by atoms with Crippen LogP contribution in [0, 0.1) is 0 Å². The predicted molar refractivity (Wildman–Crippen MR) is 50.7 cm³/mol. The van der Waals surface area contributed by atoms with Crippen molar-refractivity contribution in [2.45, 2.75) is 18.9 Å². The van der Waals surface area contributed by atoms with E-state index >= 15 is 0 Å². The molecular weight excluding hydrogens is 204 g/mol. The third-order valence-corrected chi connectivity index (χ3v) is 1.94. The smallest absolute Gasteiger partial charge is 0.300 e. The van der Waals surface area contributed by atoms with Gasteiger partial charge in [-0.2, -0.15) is 13.2 Å². The number of halogens is 3. The van der Waals surface area contributed by atoms with Crippen LogP contribution in [0.3, 0.4) is 0 Å². The van der Waals surface area contributed by atoms with Crippen molar-refractivity contribution >= 4 is 13.6 Å². The first-order valence-corrected chi connectivity index (χ1v) is 4.32. The minimum Gasteiger partial charge on any atom is -0.300 e. The Balaban J connectivity index is 3.02. The monoisotopic (exact) mass is 212 g/mol. The first kappa shape index (κ1) is 11.8. The number of carbonyl (C=O) groups is 1. The largest absolute Gasteiger partial charge is 0.416 e. The highest BCUT2D eigenvalue weighted by Crippen LogP contribution is 2.32. The maximum absolute atomic E-state index is 12.5. The number of benzene rings is 1. The first-order valence-electron chi connectivity index (χ1n) is 4.32. The summed E-state index contributed by atoms with van der Waals surface area (Å²) in [5, 5.41) is 0. The summed E-state index contributed by atoms with van der Waals surface area (Å²) in [4.78, 5) is 11.0. The second-order valence-corrected chi connectivity index (χ2v) is 3.07. The molecule has 0 N–H and O–H groups in total. The normalized spacial score (nSPS) is 11.4. The molecule has 0 bridgehead atoms. The van der Waals surface area contributed by atoms with E-state index in [9.17, 15) is 18.0 Å². The second kappa shape index (κ2) is 4.51. The maximum Gasteiger partial charge on any atom is 0.416 e. The van der Waals surface area contributed by atoms with Crippen molar-refractivity contribution in [3.8, 4) is 0 Å². The van der Waals surface area contributed by atoms with Crippen LogP contribution < -0.4 is 0 Å². The van der Waals surface area contributed by atoms with Gasteiger partial charge in [0.25, 0.3) is 0 Å². The lowest BCUT2D eigenvalue weighted by Crippen LogP contribution is -2.12. The van der Waals surface area contributed by atoms with Crippen LogP contribution in [0.2, 0.25) is 6.32 Å². The molecule has 0 aliphatic carbocycles. The van der Waals surface area contributed by atoms with E-state index in [0.717, 1.165) is 6.07 Å². The number of alkyl halides is 3. The highest BCUT2D eigenvalue weighted by atomic mass is 19.4. The van der Waals surface area contributed by atoms with Gasteiger partial charge < -0.3 is 4.79 Å². The summed E-state index contributed by atoms with van der Waals surface area (Å²) in [7, 11) is 5.05. The van der Waals surface area contributed by atoms with E-state index in [2.05, 4.69) is 0 Å². The summed E-state index contributed by atoms with van der Waals surface area (Å²) < 4.78 is 37.4. The van der Waals surface area contributed by atoms with Crippen molar-refractivity contribution in [3.63, 3.8) is 0 Å². The number of hydrogen-bond donors (Lipinski definition) is 0. The van der Waals surface area contributed by atoms with Crippen LogP contribution in [0.4, 0.5) is 13.2 Å². The van der Waals surface area contributed by atoms with Gasteiger partial charge in [0.1, 0.15) is 5.78 Å². The van der Waals surface area contributed by atoms with E-state index in [1.807, 2.05) is 0 Å². The standard InChI is InChI=1S/C10H8BF3O/c11-6-8(15)5-7-3-1-2-4-9(7)10(12,13)14/h1-4H,5-6H2. The highest BCUT2D eigenvalue weighted by molar-refractivity contribution is 6.20. The van der Waals surface area contributed by atoms with Crippen LogP contribution in [0.5, 0.6) is 0 Å². The SMILES string of the molecule is [B]CC(=O)Cc1ccccc1C(F)(F)F. The van der Waals surface area contributed by atoms with Crippen LogP contribution in [0.15, 0.2) is 24.3 Å². The van der Waals surface area contributed by atoms with Crippen LogP contribution >= 0.6 is 0 Å². The molecule has 0 aromatic heterocycles. The molecule has 0 fully saturated rings. The molecule has 0 aliphatic rings. The van der Waals surface area contributed by atoms with Gasteiger partial charge in [0.05, 0.1) is 13.4 Å². The molecule has 0 amide bonds. The average molecular weight is 212 g/mol. The fourth-order valence-corrected chi connectivity index (χ4v) is 1.24. The van der Waals surface area contributed by atoms with Crippen molar-refractivity contribution < 1.29 is 18.0 Å². The maximum atomic E-state index is 12.5. The van der Waals surface area contributed by atoms with E-state index in [0.29, 0.717) is 0 Å². The summed E-state index contributed by atoms with van der Waals surface area (Å²) in [6.45, 7) is 0. The minimum absolute atomic E-state index is 0.0274. The quantitative estimate of drug-likeness (QED) is 0.703. The van der Waals surface area contributed by atoms with Crippen LogP contribution in [0.25, 0.3) is 0 Å². The Morgan fingerprint density at radius 2 is 1.87 bits per heavy atom. The van der Waals surface area contributed by atoms with Crippen LogP contribution in [-0.2, 0) is 17.4 Å². The van der Waals surface area contributed by atoms with Gasteiger partial charge in [-0.05, 0) is 17.9 Å². The minimum atomic E-state index is -4.43. The van der Waals surface area contributed by atoms with Gasteiger partial charge >= 0.3 is 6.18 Å². The third-order valence-electron chi connectivity index (χ3n) is 1.94. The average Bonchev–Trinajstić information content (AvgIpc) is 2.17. The number of rotatable bonds is 3. The van der Waals surface area contributed by atoms with Crippen molar-refractivity contribution in [2.75, 3.05) is 0 Å². The zero-order valence-corrected chi connectivity index (χ0v) is 7.84. The fraction of sp³-hybridized carbons (Fsp3) is 0.300. The molecule has 0 saturated carbocycles. The lowest BCUT2D eigenvalue weighted by Gasteiger charge is -2.11. The molecule has 1 nitrogen and oxygen atoms in total. The van der Waals surface area contributed by atoms with Gasteiger partial charge in [-0.25, -0.2) is 0 Å². The van der Waals surface area contributed by atoms with E-state index in [-0.39, 0.29) is 18.3 Å². The Morgan fingerprint density at radius 1 is 1.27 bits per heavy atom. The van der Waals surface area contributed by atoms with E-state index in [1.165, 1.54) is 18.2 Å². The molecule has 0 saturated heterocycles. The van der Waals surface area contributed by atoms with Gasteiger partial charge in [0, 0.05) is 6.42 Å². The van der Waals surface area contributed by atoms with E-state index in [4.69, 9.17) is 7.85 Å². The molecule has 1 aromatic carbocycles. The number of Topliss-reactive ketones (excluding diaryl/α,β-unsaturated/α-hetero) is 1. The Kier molecular flexibility index (Phi) is 3.55. The van der Waals surface area contributed by atoms with Gasteiger partial charge in [0.15, 0.2) is 0 Å². The third kappa shape index (κ3) is 3.11.